The highest BCUT2D eigenvalue weighted by atomic mass is 16.7. The van der Waals surface area contributed by atoms with E-state index >= 15 is 0 Å². The van der Waals surface area contributed by atoms with E-state index in [-0.39, 0.29) is 12.2 Å². The third kappa shape index (κ3) is 4.75. The summed E-state index contributed by atoms with van der Waals surface area (Å²) in [5, 5.41) is 2.95. The van der Waals surface area contributed by atoms with Gasteiger partial charge in [-0.2, -0.15) is 0 Å². The van der Waals surface area contributed by atoms with Crippen molar-refractivity contribution in [2.45, 2.75) is 25.7 Å². The lowest BCUT2D eigenvalue weighted by molar-refractivity contribution is -0.0977. The van der Waals surface area contributed by atoms with Gasteiger partial charge in [-0.15, -0.1) is 0 Å². The number of rotatable bonds is 5. The predicted molar refractivity (Wildman–Crippen MR) is 105 cm³/mol. The van der Waals surface area contributed by atoms with Crippen LogP contribution in [-0.2, 0) is 16.0 Å². The summed E-state index contributed by atoms with van der Waals surface area (Å²) in [6, 6.07) is 17.5. The topological polar surface area (TPSA) is 50.8 Å². The highest BCUT2D eigenvalue weighted by Crippen LogP contribution is 2.26. The minimum Gasteiger partial charge on any atom is -0.350 e. The van der Waals surface area contributed by atoms with E-state index in [9.17, 15) is 4.79 Å². The monoisotopic (exact) mass is 366 g/mol. The van der Waals surface area contributed by atoms with Crippen molar-refractivity contribution in [2.24, 2.45) is 5.92 Å². The average Bonchev–Trinajstić information content (AvgIpc) is 3.24. The summed E-state index contributed by atoms with van der Waals surface area (Å²) >= 11 is 0. The molecule has 0 unspecified atom stereocenters. The zero-order valence-electron chi connectivity index (χ0n) is 15.5. The molecule has 27 heavy (non-hydrogen) atoms. The molecule has 5 heteroatoms. The fourth-order valence-corrected chi connectivity index (χ4v) is 3.83. The van der Waals surface area contributed by atoms with Crippen molar-refractivity contribution in [3.8, 4) is 0 Å². The zero-order chi connectivity index (χ0) is 18.5. The summed E-state index contributed by atoms with van der Waals surface area (Å²) < 4.78 is 11.3. The second-order valence-corrected chi connectivity index (χ2v) is 7.24. The van der Waals surface area contributed by atoms with Gasteiger partial charge in [0.2, 0.25) is 0 Å². The Morgan fingerprint density at radius 2 is 1.74 bits per heavy atom. The molecule has 0 saturated carbocycles. The number of benzene rings is 2. The van der Waals surface area contributed by atoms with Crippen LogP contribution in [0.15, 0.2) is 54.6 Å². The van der Waals surface area contributed by atoms with Crippen LogP contribution in [0.3, 0.4) is 0 Å². The van der Waals surface area contributed by atoms with Crippen molar-refractivity contribution >= 4 is 11.6 Å². The van der Waals surface area contributed by atoms with Crippen LogP contribution in [0.2, 0.25) is 0 Å². The SMILES string of the molecule is O=C(Nc1ccccc1)c1cccc(CN2CCC(C3OCCO3)CC2)c1. The first-order valence-corrected chi connectivity index (χ1v) is 9.69. The standard InChI is InChI=1S/C22H26N2O3/c25-21(23-20-7-2-1-3-8-20)19-6-4-5-17(15-19)16-24-11-9-18(10-12-24)22-26-13-14-27-22/h1-8,15,18,22H,9-14,16H2,(H,23,25). The average molecular weight is 366 g/mol. The maximum atomic E-state index is 12.5. The van der Waals surface area contributed by atoms with Gasteiger partial charge in [0, 0.05) is 23.7 Å². The van der Waals surface area contributed by atoms with Crippen molar-refractivity contribution in [2.75, 3.05) is 31.6 Å². The van der Waals surface area contributed by atoms with E-state index in [1.165, 1.54) is 5.56 Å². The zero-order valence-corrected chi connectivity index (χ0v) is 15.5. The van der Waals surface area contributed by atoms with Gasteiger partial charge >= 0.3 is 0 Å². The van der Waals surface area contributed by atoms with E-state index in [0.29, 0.717) is 11.5 Å². The van der Waals surface area contributed by atoms with E-state index in [4.69, 9.17) is 9.47 Å². The molecule has 2 saturated heterocycles. The molecule has 0 atom stereocenters. The number of nitrogens with one attached hydrogen (secondary N) is 1. The van der Waals surface area contributed by atoms with E-state index in [2.05, 4.69) is 16.3 Å². The molecule has 0 aromatic heterocycles. The van der Waals surface area contributed by atoms with Crippen molar-refractivity contribution in [1.82, 2.24) is 4.90 Å². The molecule has 2 aromatic rings. The number of carbonyl (C=O) groups excluding carboxylic acids is 1. The third-order valence-corrected chi connectivity index (χ3v) is 5.29. The molecule has 0 spiro atoms. The fraction of sp³-hybridized carbons (Fsp3) is 0.409. The maximum absolute atomic E-state index is 12.5. The summed E-state index contributed by atoms with van der Waals surface area (Å²) in [5.41, 5.74) is 2.67. The van der Waals surface area contributed by atoms with Crippen LogP contribution in [0.4, 0.5) is 5.69 Å². The number of piperidine rings is 1. The second kappa shape index (κ2) is 8.65. The highest BCUT2D eigenvalue weighted by Gasteiger charge is 2.30. The number of hydrogen-bond donors (Lipinski definition) is 1. The van der Waals surface area contributed by atoms with Crippen LogP contribution >= 0.6 is 0 Å². The van der Waals surface area contributed by atoms with Crippen LogP contribution in [0.5, 0.6) is 0 Å². The largest absolute Gasteiger partial charge is 0.350 e. The van der Waals surface area contributed by atoms with Crippen molar-refractivity contribution < 1.29 is 14.3 Å². The Morgan fingerprint density at radius 1 is 1.00 bits per heavy atom. The molecule has 2 aliphatic rings. The Labute approximate surface area is 160 Å². The molecule has 2 fully saturated rings. The lowest BCUT2D eigenvalue weighted by Crippen LogP contribution is -2.37. The van der Waals surface area contributed by atoms with Crippen LogP contribution in [0, 0.1) is 5.92 Å². The molecule has 2 aromatic carbocycles. The third-order valence-electron chi connectivity index (χ3n) is 5.29. The minimum atomic E-state index is -0.0720. The molecule has 142 valence electrons. The number of anilines is 1. The van der Waals surface area contributed by atoms with Gasteiger partial charge in [-0.25, -0.2) is 0 Å². The van der Waals surface area contributed by atoms with Gasteiger partial charge in [0.15, 0.2) is 6.29 Å². The van der Waals surface area contributed by atoms with Gasteiger partial charge in [-0.3, -0.25) is 9.69 Å². The summed E-state index contributed by atoms with van der Waals surface area (Å²) in [6.07, 6.45) is 2.19. The Balaban J connectivity index is 1.32. The van der Waals surface area contributed by atoms with Gasteiger partial charge in [-0.05, 0) is 55.8 Å². The van der Waals surface area contributed by atoms with E-state index in [1.807, 2.05) is 48.5 Å². The summed E-state index contributed by atoms with van der Waals surface area (Å²) in [4.78, 5) is 14.9. The number of para-hydroxylation sites is 1. The molecule has 4 rings (SSSR count). The molecule has 0 bridgehead atoms. The van der Waals surface area contributed by atoms with Crippen LogP contribution in [0.25, 0.3) is 0 Å². The van der Waals surface area contributed by atoms with Crippen LogP contribution in [-0.4, -0.2) is 43.4 Å². The van der Waals surface area contributed by atoms with Gasteiger partial charge in [0.05, 0.1) is 13.2 Å². The number of amides is 1. The van der Waals surface area contributed by atoms with E-state index in [0.717, 1.165) is 51.4 Å². The lowest BCUT2D eigenvalue weighted by atomic mass is 9.95. The van der Waals surface area contributed by atoms with Crippen LogP contribution in [0.1, 0.15) is 28.8 Å². The number of hydrogen-bond acceptors (Lipinski definition) is 4. The molecule has 2 heterocycles. The quantitative estimate of drug-likeness (QED) is 0.880. The molecule has 0 radical (unpaired) electrons. The van der Waals surface area contributed by atoms with E-state index < -0.39 is 0 Å². The Bertz CT molecular complexity index is 751. The Hall–Kier alpha value is -2.21. The van der Waals surface area contributed by atoms with Gasteiger partial charge in [-0.1, -0.05) is 30.3 Å². The van der Waals surface area contributed by atoms with Gasteiger partial charge < -0.3 is 14.8 Å². The summed E-state index contributed by atoms with van der Waals surface area (Å²) in [6.45, 7) is 4.39. The highest BCUT2D eigenvalue weighted by molar-refractivity contribution is 6.04. The lowest BCUT2D eigenvalue weighted by Gasteiger charge is -2.33. The van der Waals surface area contributed by atoms with Crippen molar-refractivity contribution in [3.05, 3.63) is 65.7 Å². The fourth-order valence-electron chi connectivity index (χ4n) is 3.83. The molecule has 1 N–H and O–H groups in total. The number of carbonyl (C=O) groups is 1. The predicted octanol–water partition coefficient (Wildman–Crippen LogP) is 3.52. The first-order valence-electron chi connectivity index (χ1n) is 9.69. The van der Waals surface area contributed by atoms with Crippen molar-refractivity contribution in [3.63, 3.8) is 0 Å². The molecule has 2 aliphatic heterocycles. The Kier molecular flexibility index (Phi) is 5.82. The normalized spacial score (nSPS) is 19.3. The van der Waals surface area contributed by atoms with Gasteiger partial charge in [0.1, 0.15) is 0 Å². The molecule has 1 amide bonds. The van der Waals surface area contributed by atoms with Crippen LogP contribution < -0.4 is 5.32 Å². The first-order chi connectivity index (χ1) is 13.3. The molecular formula is C22H26N2O3. The second-order valence-electron chi connectivity index (χ2n) is 7.24. The number of ether oxygens (including phenoxy) is 2. The number of nitrogens with zero attached hydrogens (tertiary/aromatic N) is 1. The van der Waals surface area contributed by atoms with Crippen molar-refractivity contribution in [1.29, 1.82) is 0 Å². The van der Waals surface area contributed by atoms with E-state index in [1.54, 1.807) is 0 Å². The van der Waals surface area contributed by atoms with Gasteiger partial charge in [0.25, 0.3) is 5.91 Å². The minimum absolute atomic E-state index is 0.00263. The number of likely N-dealkylation sites (tertiary alicyclic amines) is 1. The first kappa shape index (κ1) is 18.2. The Morgan fingerprint density at radius 3 is 2.48 bits per heavy atom. The maximum Gasteiger partial charge on any atom is 0.255 e. The molecule has 0 aliphatic carbocycles. The molecular weight excluding hydrogens is 340 g/mol. The summed E-state index contributed by atoms with van der Waals surface area (Å²) in [7, 11) is 0. The summed E-state index contributed by atoms with van der Waals surface area (Å²) in [5.74, 6) is 0.434. The molecule has 5 nitrogen and oxygen atoms in total. The smallest absolute Gasteiger partial charge is 0.255 e.